The molecule has 0 aliphatic heterocycles. The molecule has 128 valence electrons. The van der Waals surface area contributed by atoms with E-state index in [1.165, 1.54) is 6.33 Å². The largest absolute Gasteiger partial charge is 0.481 e. The first kappa shape index (κ1) is 18.6. The van der Waals surface area contributed by atoms with Gasteiger partial charge in [-0.15, -0.1) is 0 Å². The summed E-state index contributed by atoms with van der Waals surface area (Å²) in [7, 11) is 0. The van der Waals surface area contributed by atoms with Gasteiger partial charge in [0, 0.05) is 38.0 Å². The quantitative estimate of drug-likeness (QED) is 0.378. The molecule has 1 aromatic heterocycles. The van der Waals surface area contributed by atoms with Gasteiger partial charge in [-0.05, 0) is 13.3 Å². The van der Waals surface area contributed by atoms with E-state index in [0.29, 0.717) is 12.2 Å². The maximum absolute atomic E-state index is 12.2. The van der Waals surface area contributed by atoms with Crippen LogP contribution >= 0.6 is 0 Å². The van der Waals surface area contributed by atoms with Gasteiger partial charge in [-0.2, -0.15) is 0 Å². The second-order valence-electron chi connectivity index (χ2n) is 5.35. The first-order valence-corrected chi connectivity index (χ1v) is 7.40. The highest BCUT2D eigenvalue weighted by molar-refractivity contribution is 5.87. The van der Waals surface area contributed by atoms with Crippen LogP contribution in [0.25, 0.3) is 0 Å². The minimum atomic E-state index is -0.958. The summed E-state index contributed by atoms with van der Waals surface area (Å²) < 4.78 is 0. The number of carbonyl (C=O) groups is 3. The molecule has 2 amide bonds. The summed E-state index contributed by atoms with van der Waals surface area (Å²) in [6.45, 7) is 2.05. The Bertz CT molecular complexity index is 515. The van der Waals surface area contributed by atoms with Gasteiger partial charge >= 0.3 is 5.97 Å². The van der Waals surface area contributed by atoms with Crippen LogP contribution in [-0.4, -0.2) is 51.5 Å². The molecule has 0 aliphatic carbocycles. The van der Waals surface area contributed by atoms with Gasteiger partial charge in [0.25, 0.3) is 0 Å². The van der Waals surface area contributed by atoms with Crippen LogP contribution < -0.4 is 16.4 Å². The van der Waals surface area contributed by atoms with Crippen LogP contribution in [-0.2, 0) is 20.8 Å². The number of H-pyrrole nitrogens is 1. The molecular weight excluding hydrogens is 302 g/mol. The van der Waals surface area contributed by atoms with Gasteiger partial charge in [-0.3, -0.25) is 14.4 Å². The SMILES string of the molecule is CC(N)CNC(=O)C(Cc1c[nH]cn1)NC(=O)CCCC(=O)O. The van der Waals surface area contributed by atoms with E-state index < -0.39 is 12.0 Å². The van der Waals surface area contributed by atoms with E-state index in [1.807, 2.05) is 0 Å². The maximum Gasteiger partial charge on any atom is 0.303 e. The fourth-order valence-electron chi connectivity index (χ4n) is 1.87. The third-order valence-electron chi connectivity index (χ3n) is 3.01. The summed E-state index contributed by atoms with van der Waals surface area (Å²) in [4.78, 5) is 41.3. The number of aromatic amines is 1. The predicted octanol–water partition coefficient (Wildman–Crippen LogP) is -0.845. The molecule has 1 aromatic rings. The Balaban J connectivity index is 2.57. The molecule has 0 bridgehead atoms. The molecule has 2 atom stereocenters. The van der Waals surface area contributed by atoms with Crippen LogP contribution in [0.4, 0.5) is 0 Å². The van der Waals surface area contributed by atoms with Crippen LogP contribution in [0.3, 0.4) is 0 Å². The number of hydrogen-bond acceptors (Lipinski definition) is 5. The van der Waals surface area contributed by atoms with Crippen molar-refractivity contribution in [2.45, 2.75) is 44.7 Å². The number of nitrogens with zero attached hydrogens (tertiary/aromatic N) is 1. The summed E-state index contributed by atoms with van der Waals surface area (Å²) >= 11 is 0. The van der Waals surface area contributed by atoms with Crippen molar-refractivity contribution in [1.29, 1.82) is 0 Å². The van der Waals surface area contributed by atoms with Crippen LogP contribution in [0.2, 0.25) is 0 Å². The summed E-state index contributed by atoms with van der Waals surface area (Å²) in [6.07, 6.45) is 3.54. The van der Waals surface area contributed by atoms with Gasteiger partial charge in [0.15, 0.2) is 0 Å². The molecule has 1 rings (SSSR count). The first-order valence-electron chi connectivity index (χ1n) is 7.40. The van der Waals surface area contributed by atoms with Gasteiger partial charge < -0.3 is 26.5 Å². The number of aliphatic carboxylic acids is 1. The first-order chi connectivity index (χ1) is 10.9. The summed E-state index contributed by atoms with van der Waals surface area (Å²) in [5, 5.41) is 13.8. The van der Waals surface area contributed by atoms with Gasteiger partial charge in [-0.25, -0.2) is 4.98 Å². The minimum Gasteiger partial charge on any atom is -0.481 e. The predicted molar refractivity (Wildman–Crippen MR) is 82.4 cm³/mol. The molecule has 0 fully saturated rings. The lowest BCUT2D eigenvalue weighted by molar-refractivity contribution is -0.137. The number of amides is 2. The van der Waals surface area contributed by atoms with E-state index in [-0.39, 0.29) is 43.5 Å². The highest BCUT2D eigenvalue weighted by Gasteiger charge is 2.22. The number of nitrogens with one attached hydrogen (secondary N) is 3. The Kier molecular flexibility index (Phi) is 7.75. The number of nitrogens with two attached hydrogens (primary N) is 1. The van der Waals surface area contributed by atoms with Gasteiger partial charge in [0.2, 0.25) is 11.8 Å². The molecule has 9 nitrogen and oxygen atoms in total. The summed E-state index contributed by atoms with van der Waals surface area (Å²) in [5.74, 6) is -1.68. The van der Waals surface area contributed by atoms with Crippen molar-refractivity contribution < 1.29 is 19.5 Å². The zero-order valence-corrected chi connectivity index (χ0v) is 13.0. The van der Waals surface area contributed by atoms with Gasteiger partial charge in [0.1, 0.15) is 6.04 Å². The van der Waals surface area contributed by atoms with Crippen molar-refractivity contribution in [2.75, 3.05) is 6.54 Å². The Morgan fingerprint density at radius 2 is 2.13 bits per heavy atom. The molecule has 0 saturated heterocycles. The van der Waals surface area contributed by atoms with E-state index in [2.05, 4.69) is 20.6 Å². The van der Waals surface area contributed by atoms with E-state index >= 15 is 0 Å². The molecule has 0 aliphatic rings. The number of carboxylic acids is 1. The van der Waals surface area contributed by atoms with Crippen molar-refractivity contribution in [3.05, 3.63) is 18.2 Å². The molecular formula is C14H23N5O4. The van der Waals surface area contributed by atoms with Crippen LogP contribution in [0.1, 0.15) is 31.9 Å². The Hall–Kier alpha value is -2.42. The van der Waals surface area contributed by atoms with E-state index in [0.717, 1.165) is 0 Å². The molecule has 0 saturated carbocycles. The molecule has 23 heavy (non-hydrogen) atoms. The van der Waals surface area contributed by atoms with Crippen molar-refractivity contribution in [2.24, 2.45) is 5.73 Å². The normalized spacial score (nSPS) is 13.1. The topological polar surface area (TPSA) is 150 Å². The molecule has 1 heterocycles. The van der Waals surface area contributed by atoms with Crippen LogP contribution in [0.5, 0.6) is 0 Å². The zero-order chi connectivity index (χ0) is 17.2. The monoisotopic (exact) mass is 325 g/mol. The Morgan fingerprint density at radius 3 is 2.70 bits per heavy atom. The van der Waals surface area contributed by atoms with Crippen molar-refractivity contribution in [1.82, 2.24) is 20.6 Å². The average molecular weight is 325 g/mol. The lowest BCUT2D eigenvalue weighted by Gasteiger charge is -2.18. The standard InChI is InChI=1S/C14H23N5O4/c1-9(15)6-17-14(23)11(5-10-7-16-8-18-10)19-12(20)3-2-4-13(21)22/h7-9,11H,2-6,15H2,1H3,(H,16,18)(H,17,23)(H,19,20)(H,21,22). The number of hydrogen-bond donors (Lipinski definition) is 5. The molecule has 2 unspecified atom stereocenters. The van der Waals surface area contributed by atoms with Crippen molar-refractivity contribution in [3.8, 4) is 0 Å². The second-order valence-corrected chi connectivity index (χ2v) is 5.35. The van der Waals surface area contributed by atoms with Gasteiger partial charge in [-0.1, -0.05) is 0 Å². The van der Waals surface area contributed by atoms with Crippen LogP contribution in [0.15, 0.2) is 12.5 Å². The van der Waals surface area contributed by atoms with E-state index in [4.69, 9.17) is 10.8 Å². The average Bonchev–Trinajstić information content (AvgIpc) is 2.96. The smallest absolute Gasteiger partial charge is 0.303 e. The molecule has 0 aromatic carbocycles. The molecule has 9 heteroatoms. The highest BCUT2D eigenvalue weighted by Crippen LogP contribution is 2.01. The number of carbonyl (C=O) groups excluding carboxylic acids is 2. The molecule has 6 N–H and O–H groups in total. The Labute approximate surface area is 134 Å². The lowest BCUT2D eigenvalue weighted by atomic mass is 10.1. The minimum absolute atomic E-state index is 0.0456. The van der Waals surface area contributed by atoms with E-state index in [1.54, 1.807) is 13.1 Å². The van der Waals surface area contributed by atoms with Crippen LogP contribution in [0, 0.1) is 0 Å². The second kappa shape index (κ2) is 9.57. The Morgan fingerprint density at radius 1 is 1.39 bits per heavy atom. The number of aromatic nitrogens is 2. The van der Waals surface area contributed by atoms with E-state index in [9.17, 15) is 14.4 Å². The fraction of sp³-hybridized carbons (Fsp3) is 0.571. The fourth-order valence-corrected chi connectivity index (χ4v) is 1.87. The highest BCUT2D eigenvalue weighted by atomic mass is 16.4. The maximum atomic E-state index is 12.2. The zero-order valence-electron chi connectivity index (χ0n) is 13.0. The number of rotatable bonds is 10. The summed E-state index contributed by atoms with van der Waals surface area (Å²) in [6, 6.07) is -0.981. The number of imidazole rings is 1. The third kappa shape index (κ3) is 7.96. The summed E-state index contributed by atoms with van der Waals surface area (Å²) in [5.41, 5.74) is 6.23. The number of carboxylic acid groups (broad SMARTS) is 1. The molecule has 0 spiro atoms. The van der Waals surface area contributed by atoms with Crippen molar-refractivity contribution >= 4 is 17.8 Å². The van der Waals surface area contributed by atoms with Crippen molar-refractivity contribution in [3.63, 3.8) is 0 Å². The van der Waals surface area contributed by atoms with Gasteiger partial charge in [0.05, 0.1) is 12.0 Å². The lowest BCUT2D eigenvalue weighted by Crippen LogP contribution is -2.50. The third-order valence-corrected chi connectivity index (χ3v) is 3.01. The molecule has 0 radical (unpaired) electrons.